The molecule has 1 N–H and O–H groups in total. The molecule has 0 aromatic heterocycles. The topological polar surface area (TPSA) is 66.8 Å². The summed E-state index contributed by atoms with van der Waals surface area (Å²) in [5.74, 6) is -0.670. The highest BCUT2D eigenvalue weighted by molar-refractivity contribution is 14.1. The molecule has 0 saturated carbocycles. The molecule has 7 heteroatoms. The van der Waals surface area contributed by atoms with Crippen LogP contribution in [0.5, 0.6) is 5.75 Å². The molecule has 1 aliphatic heterocycles. The van der Waals surface area contributed by atoms with E-state index in [0.29, 0.717) is 29.3 Å². The molecule has 0 bridgehead atoms. The second-order valence-corrected chi connectivity index (χ2v) is 6.43. The fourth-order valence-corrected chi connectivity index (χ4v) is 3.14. The standard InChI is InChI=1S/C14H15ClINO4/c1-21-12-7-11(16)10(15)6-9(12)14(20)17-4-2-3-8(17)5-13(18)19/h6-8H,2-5H2,1H3,(H,18,19). The van der Waals surface area contributed by atoms with Crippen molar-refractivity contribution in [3.8, 4) is 5.75 Å². The van der Waals surface area contributed by atoms with E-state index in [0.717, 1.165) is 9.99 Å². The Kier molecular flexibility index (Phi) is 5.32. The second kappa shape index (κ2) is 6.83. The lowest BCUT2D eigenvalue weighted by atomic mass is 10.1. The molecule has 1 unspecified atom stereocenters. The SMILES string of the molecule is COc1cc(I)c(Cl)cc1C(=O)N1CCCC1CC(=O)O. The minimum Gasteiger partial charge on any atom is -0.496 e. The highest BCUT2D eigenvalue weighted by Crippen LogP contribution is 2.31. The van der Waals surface area contributed by atoms with Gasteiger partial charge in [0.25, 0.3) is 5.91 Å². The highest BCUT2D eigenvalue weighted by Gasteiger charge is 2.32. The Hall–Kier alpha value is -1.02. The van der Waals surface area contributed by atoms with Gasteiger partial charge in [-0.2, -0.15) is 0 Å². The van der Waals surface area contributed by atoms with Crippen LogP contribution in [0.3, 0.4) is 0 Å². The first-order chi connectivity index (χ1) is 9.93. The molecule has 5 nitrogen and oxygen atoms in total. The summed E-state index contributed by atoms with van der Waals surface area (Å²) in [5.41, 5.74) is 0.375. The number of halogens is 2. The van der Waals surface area contributed by atoms with Crippen molar-refractivity contribution < 1.29 is 19.4 Å². The molecule has 1 heterocycles. The van der Waals surface area contributed by atoms with Crippen LogP contribution >= 0.6 is 34.2 Å². The van der Waals surface area contributed by atoms with Gasteiger partial charge in [0.15, 0.2) is 0 Å². The first kappa shape index (κ1) is 16.4. The van der Waals surface area contributed by atoms with Gasteiger partial charge >= 0.3 is 5.97 Å². The number of hydrogen-bond donors (Lipinski definition) is 1. The summed E-state index contributed by atoms with van der Waals surface area (Å²) in [7, 11) is 1.49. The van der Waals surface area contributed by atoms with E-state index in [4.69, 9.17) is 21.4 Å². The van der Waals surface area contributed by atoms with Crippen LogP contribution in [0.1, 0.15) is 29.6 Å². The third kappa shape index (κ3) is 3.60. The van der Waals surface area contributed by atoms with Crippen LogP contribution in [0, 0.1) is 3.57 Å². The lowest BCUT2D eigenvalue weighted by Gasteiger charge is -2.24. The fourth-order valence-electron chi connectivity index (χ4n) is 2.54. The zero-order valence-electron chi connectivity index (χ0n) is 11.4. The van der Waals surface area contributed by atoms with E-state index in [1.807, 2.05) is 0 Å². The Bertz CT molecular complexity index is 578. The van der Waals surface area contributed by atoms with Gasteiger partial charge in [0.2, 0.25) is 0 Å². The van der Waals surface area contributed by atoms with Crippen LogP contribution in [0.25, 0.3) is 0 Å². The molecule has 21 heavy (non-hydrogen) atoms. The predicted molar refractivity (Wildman–Crippen MR) is 87.0 cm³/mol. The number of nitrogens with zero attached hydrogens (tertiary/aromatic N) is 1. The Balaban J connectivity index is 2.31. The van der Waals surface area contributed by atoms with Crippen molar-refractivity contribution >= 4 is 46.1 Å². The number of ether oxygens (including phenoxy) is 1. The predicted octanol–water partition coefficient (Wildman–Crippen LogP) is 3.03. The average molecular weight is 424 g/mol. The normalized spacial score (nSPS) is 17.9. The van der Waals surface area contributed by atoms with Crippen LogP contribution in [0.15, 0.2) is 12.1 Å². The van der Waals surface area contributed by atoms with Gasteiger partial charge in [-0.15, -0.1) is 0 Å². The number of aliphatic carboxylic acids is 1. The van der Waals surface area contributed by atoms with E-state index < -0.39 is 5.97 Å². The number of amides is 1. The molecular weight excluding hydrogens is 409 g/mol. The molecule has 0 spiro atoms. The molecule has 0 radical (unpaired) electrons. The molecule has 2 rings (SSSR count). The van der Waals surface area contributed by atoms with Crippen LogP contribution in [-0.2, 0) is 4.79 Å². The van der Waals surface area contributed by atoms with Gasteiger partial charge < -0.3 is 14.7 Å². The molecular formula is C14H15ClINO4. The van der Waals surface area contributed by atoms with Crippen molar-refractivity contribution in [3.05, 3.63) is 26.3 Å². The van der Waals surface area contributed by atoms with E-state index in [2.05, 4.69) is 22.6 Å². The van der Waals surface area contributed by atoms with E-state index in [1.165, 1.54) is 7.11 Å². The third-order valence-electron chi connectivity index (χ3n) is 3.52. The van der Waals surface area contributed by atoms with Crippen molar-refractivity contribution in [3.63, 3.8) is 0 Å². The molecule has 1 aromatic rings. The fraction of sp³-hybridized carbons (Fsp3) is 0.429. The van der Waals surface area contributed by atoms with E-state index >= 15 is 0 Å². The van der Waals surface area contributed by atoms with Gasteiger partial charge in [0, 0.05) is 16.2 Å². The second-order valence-electron chi connectivity index (χ2n) is 4.86. The Morgan fingerprint density at radius 3 is 2.86 bits per heavy atom. The first-order valence-corrected chi connectivity index (χ1v) is 7.95. The smallest absolute Gasteiger partial charge is 0.305 e. The Labute approximate surface area is 141 Å². The Morgan fingerprint density at radius 1 is 1.52 bits per heavy atom. The van der Waals surface area contributed by atoms with Crippen molar-refractivity contribution in [2.24, 2.45) is 0 Å². The lowest BCUT2D eigenvalue weighted by molar-refractivity contribution is -0.137. The van der Waals surface area contributed by atoms with Crippen LogP contribution in [-0.4, -0.2) is 41.6 Å². The van der Waals surface area contributed by atoms with E-state index in [1.54, 1.807) is 17.0 Å². The summed E-state index contributed by atoms with van der Waals surface area (Å²) in [6, 6.07) is 3.02. The number of benzene rings is 1. The van der Waals surface area contributed by atoms with Crippen molar-refractivity contribution in [1.82, 2.24) is 4.90 Å². The number of likely N-dealkylation sites (tertiary alicyclic amines) is 1. The van der Waals surface area contributed by atoms with Gasteiger partial charge in [-0.3, -0.25) is 9.59 Å². The van der Waals surface area contributed by atoms with Crippen molar-refractivity contribution in [2.45, 2.75) is 25.3 Å². The molecule has 1 atom stereocenters. The quantitative estimate of drug-likeness (QED) is 0.756. The Morgan fingerprint density at radius 2 is 2.24 bits per heavy atom. The van der Waals surface area contributed by atoms with Crippen LogP contribution in [0.2, 0.25) is 5.02 Å². The number of carboxylic acids is 1. The summed E-state index contributed by atoms with van der Waals surface area (Å²) in [4.78, 5) is 25.2. The van der Waals surface area contributed by atoms with E-state index in [9.17, 15) is 9.59 Å². The van der Waals surface area contributed by atoms with Gasteiger partial charge in [-0.05, 0) is 47.6 Å². The molecule has 0 aliphatic carbocycles. The summed E-state index contributed by atoms with van der Waals surface area (Å²) in [6.07, 6.45) is 1.48. The zero-order valence-corrected chi connectivity index (χ0v) is 14.3. The van der Waals surface area contributed by atoms with Crippen LogP contribution in [0.4, 0.5) is 0 Å². The summed E-state index contributed by atoms with van der Waals surface area (Å²) in [6.45, 7) is 0.559. The zero-order chi connectivity index (χ0) is 15.6. The maximum absolute atomic E-state index is 12.7. The number of methoxy groups -OCH3 is 1. The third-order valence-corrected chi connectivity index (χ3v) is 5.05. The number of carbonyl (C=O) groups is 2. The van der Waals surface area contributed by atoms with Gasteiger partial charge in [0.1, 0.15) is 5.75 Å². The van der Waals surface area contributed by atoms with Gasteiger partial charge in [0.05, 0.1) is 24.1 Å². The largest absolute Gasteiger partial charge is 0.496 e. The lowest BCUT2D eigenvalue weighted by Crippen LogP contribution is -2.37. The van der Waals surface area contributed by atoms with Crippen LogP contribution < -0.4 is 4.74 Å². The monoisotopic (exact) mass is 423 g/mol. The molecule has 1 amide bonds. The number of rotatable bonds is 4. The molecule has 1 fully saturated rings. The molecule has 1 aliphatic rings. The van der Waals surface area contributed by atoms with Crippen molar-refractivity contribution in [2.75, 3.05) is 13.7 Å². The number of carboxylic acid groups (broad SMARTS) is 1. The van der Waals surface area contributed by atoms with Gasteiger partial charge in [-0.25, -0.2) is 0 Å². The van der Waals surface area contributed by atoms with Gasteiger partial charge in [-0.1, -0.05) is 11.6 Å². The molecule has 1 saturated heterocycles. The number of carbonyl (C=O) groups excluding carboxylic acids is 1. The summed E-state index contributed by atoms with van der Waals surface area (Å²) < 4.78 is 6.05. The number of hydrogen-bond acceptors (Lipinski definition) is 3. The minimum absolute atomic E-state index is 0.0356. The summed E-state index contributed by atoms with van der Waals surface area (Å²) >= 11 is 8.15. The summed E-state index contributed by atoms with van der Waals surface area (Å²) in [5, 5.41) is 9.42. The molecule has 114 valence electrons. The maximum Gasteiger partial charge on any atom is 0.305 e. The average Bonchev–Trinajstić information content (AvgIpc) is 2.87. The van der Waals surface area contributed by atoms with Crippen molar-refractivity contribution in [1.29, 1.82) is 0 Å². The van der Waals surface area contributed by atoms with E-state index in [-0.39, 0.29) is 18.4 Å². The molecule has 1 aromatic carbocycles. The maximum atomic E-state index is 12.7. The minimum atomic E-state index is -0.896. The first-order valence-electron chi connectivity index (χ1n) is 6.49. The highest BCUT2D eigenvalue weighted by atomic mass is 127.